The van der Waals surface area contributed by atoms with E-state index in [0.717, 1.165) is 14.9 Å². The Labute approximate surface area is 132 Å². The van der Waals surface area contributed by atoms with Crippen molar-refractivity contribution in [3.8, 4) is 5.75 Å². The molecule has 4 heteroatoms. The Morgan fingerprint density at radius 3 is 2.55 bits per heavy atom. The van der Waals surface area contributed by atoms with Crippen LogP contribution in [0, 0.1) is 10.5 Å². The molecule has 0 aliphatic heterocycles. The Kier molecular flexibility index (Phi) is 5.40. The van der Waals surface area contributed by atoms with Gasteiger partial charge in [-0.05, 0) is 47.2 Å². The first kappa shape index (κ1) is 14.8. The van der Waals surface area contributed by atoms with Crippen molar-refractivity contribution in [2.24, 2.45) is 0 Å². The topological polar surface area (TPSA) is 38.3 Å². The third-order valence-electron chi connectivity index (χ3n) is 2.81. The van der Waals surface area contributed by atoms with Crippen LogP contribution < -0.4 is 10.1 Å². The molecule has 20 heavy (non-hydrogen) atoms. The number of hydrogen-bond donors (Lipinski definition) is 1. The minimum atomic E-state index is -0.120. The number of benzene rings is 2. The summed E-state index contributed by atoms with van der Waals surface area (Å²) in [6, 6.07) is 15.7. The number of aryl methyl sites for hydroxylation is 1. The third-order valence-corrected chi connectivity index (χ3v) is 3.70. The summed E-state index contributed by atoms with van der Waals surface area (Å²) < 4.78 is 6.48. The van der Waals surface area contributed by atoms with Crippen molar-refractivity contribution in [3.63, 3.8) is 0 Å². The first-order valence-corrected chi connectivity index (χ1v) is 7.42. The van der Waals surface area contributed by atoms with Crippen LogP contribution in [0.4, 0.5) is 0 Å². The van der Waals surface area contributed by atoms with E-state index >= 15 is 0 Å². The molecule has 0 fully saturated rings. The number of carbonyl (C=O) groups is 1. The first-order valence-electron chi connectivity index (χ1n) is 6.35. The van der Waals surface area contributed by atoms with Crippen molar-refractivity contribution in [3.05, 3.63) is 63.2 Å². The molecule has 2 rings (SSSR count). The smallest absolute Gasteiger partial charge is 0.258 e. The summed E-state index contributed by atoms with van der Waals surface area (Å²) in [6.07, 6.45) is 0. The fourth-order valence-corrected chi connectivity index (χ4v) is 2.21. The molecule has 0 spiro atoms. The molecule has 0 saturated carbocycles. The number of hydrogen-bond acceptors (Lipinski definition) is 2. The van der Waals surface area contributed by atoms with E-state index in [1.807, 2.05) is 55.5 Å². The number of amides is 1. The highest BCUT2D eigenvalue weighted by Crippen LogP contribution is 2.19. The molecule has 0 heterocycles. The second kappa shape index (κ2) is 7.28. The van der Waals surface area contributed by atoms with Gasteiger partial charge in [0.15, 0.2) is 6.61 Å². The molecule has 1 amide bonds. The monoisotopic (exact) mass is 381 g/mol. The van der Waals surface area contributed by atoms with Gasteiger partial charge in [-0.3, -0.25) is 4.79 Å². The molecule has 104 valence electrons. The summed E-state index contributed by atoms with van der Waals surface area (Å²) in [5, 5.41) is 2.84. The summed E-state index contributed by atoms with van der Waals surface area (Å²) in [5.41, 5.74) is 2.29. The largest absolute Gasteiger partial charge is 0.483 e. The molecule has 0 aromatic heterocycles. The molecular weight excluding hydrogens is 365 g/mol. The van der Waals surface area contributed by atoms with E-state index in [1.54, 1.807) is 0 Å². The molecule has 0 saturated heterocycles. The quantitative estimate of drug-likeness (QED) is 0.808. The molecule has 0 atom stereocenters. The Morgan fingerprint density at radius 2 is 1.85 bits per heavy atom. The Hall–Kier alpha value is -1.56. The molecule has 2 aromatic rings. The normalized spacial score (nSPS) is 10.1. The van der Waals surface area contributed by atoms with E-state index in [0.29, 0.717) is 6.54 Å². The van der Waals surface area contributed by atoms with Crippen LogP contribution >= 0.6 is 22.6 Å². The van der Waals surface area contributed by atoms with Crippen molar-refractivity contribution >= 4 is 28.5 Å². The van der Waals surface area contributed by atoms with Gasteiger partial charge in [0.2, 0.25) is 0 Å². The fraction of sp³-hybridized carbons (Fsp3) is 0.188. The van der Waals surface area contributed by atoms with E-state index in [9.17, 15) is 4.79 Å². The number of nitrogens with one attached hydrogen (secondary N) is 1. The summed E-state index contributed by atoms with van der Waals surface area (Å²) in [7, 11) is 0. The van der Waals surface area contributed by atoms with Gasteiger partial charge in [0.25, 0.3) is 5.91 Å². The van der Waals surface area contributed by atoms with Gasteiger partial charge in [0.1, 0.15) is 5.75 Å². The zero-order chi connectivity index (χ0) is 14.4. The van der Waals surface area contributed by atoms with Gasteiger partial charge in [-0.15, -0.1) is 0 Å². The predicted molar refractivity (Wildman–Crippen MR) is 87.7 cm³/mol. The van der Waals surface area contributed by atoms with E-state index < -0.39 is 0 Å². The van der Waals surface area contributed by atoms with Crippen LogP contribution in [0.15, 0.2) is 48.5 Å². The maximum atomic E-state index is 11.7. The van der Waals surface area contributed by atoms with Crippen molar-refractivity contribution in [2.75, 3.05) is 6.61 Å². The first-order chi connectivity index (χ1) is 9.65. The van der Waals surface area contributed by atoms with E-state index in [4.69, 9.17) is 4.74 Å². The van der Waals surface area contributed by atoms with Crippen LogP contribution in [0.5, 0.6) is 5.75 Å². The molecule has 0 radical (unpaired) electrons. The lowest BCUT2D eigenvalue weighted by Gasteiger charge is -2.09. The minimum absolute atomic E-state index is 0.0336. The van der Waals surface area contributed by atoms with Crippen molar-refractivity contribution in [2.45, 2.75) is 13.5 Å². The average Bonchev–Trinajstić information content (AvgIpc) is 2.46. The Bertz CT molecular complexity index is 581. The van der Waals surface area contributed by atoms with Gasteiger partial charge in [-0.1, -0.05) is 42.0 Å². The number of ether oxygens (including phenoxy) is 1. The lowest BCUT2D eigenvalue weighted by molar-refractivity contribution is -0.123. The summed E-state index contributed by atoms with van der Waals surface area (Å²) >= 11 is 2.18. The van der Waals surface area contributed by atoms with Crippen LogP contribution in [0.25, 0.3) is 0 Å². The van der Waals surface area contributed by atoms with Crippen molar-refractivity contribution < 1.29 is 9.53 Å². The Morgan fingerprint density at radius 1 is 1.15 bits per heavy atom. The van der Waals surface area contributed by atoms with Crippen molar-refractivity contribution in [1.82, 2.24) is 5.32 Å². The standard InChI is InChI=1S/C16H16INO2/c1-12-6-8-13(9-7-12)10-18-16(19)11-20-15-5-3-2-4-14(15)17/h2-9H,10-11H2,1H3,(H,18,19). The van der Waals surface area contributed by atoms with Gasteiger partial charge < -0.3 is 10.1 Å². The molecule has 2 aromatic carbocycles. The third kappa shape index (κ3) is 4.52. The molecule has 0 aliphatic carbocycles. The molecule has 0 aliphatic rings. The van der Waals surface area contributed by atoms with Crippen LogP contribution in [-0.2, 0) is 11.3 Å². The predicted octanol–water partition coefficient (Wildman–Crippen LogP) is 3.29. The summed E-state index contributed by atoms with van der Waals surface area (Å²) in [4.78, 5) is 11.7. The average molecular weight is 381 g/mol. The zero-order valence-corrected chi connectivity index (χ0v) is 13.4. The fourth-order valence-electron chi connectivity index (χ4n) is 1.66. The maximum Gasteiger partial charge on any atom is 0.258 e. The number of para-hydroxylation sites is 1. The van der Waals surface area contributed by atoms with Gasteiger partial charge in [0.05, 0.1) is 3.57 Å². The number of halogens is 1. The van der Waals surface area contributed by atoms with Crippen LogP contribution in [0.2, 0.25) is 0 Å². The minimum Gasteiger partial charge on any atom is -0.483 e. The van der Waals surface area contributed by atoms with Crippen LogP contribution in [-0.4, -0.2) is 12.5 Å². The van der Waals surface area contributed by atoms with Gasteiger partial charge in [0, 0.05) is 6.54 Å². The van der Waals surface area contributed by atoms with Crippen LogP contribution in [0.3, 0.4) is 0 Å². The van der Waals surface area contributed by atoms with E-state index in [2.05, 4.69) is 27.9 Å². The number of rotatable bonds is 5. The van der Waals surface area contributed by atoms with E-state index in [1.165, 1.54) is 5.56 Å². The highest BCUT2D eigenvalue weighted by molar-refractivity contribution is 14.1. The maximum absolute atomic E-state index is 11.7. The van der Waals surface area contributed by atoms with Gasteiger partial charge in [-0.25, -0.2) is 0 Å². The highest BCUT2D eigenvalue weighted by Gasteiger charge is 2.04. The zero-order valence-electron chi connectivity index (χ0n) is 11.2. The van der Waals surface area contributed by atoms with E-state index in [-0.39, 0.29) is 12.5 Å². The lowest BCUT2D eigenvalue weighted by atomic mass is 10.1. The second-order valence-corrected chi connectivity index (χ2v) is 5.64. The summed E-state index contributed by atoms with van der Waals surface area (Å²) in [6.45, 7) is 2.60. The van der Waals surface area contributed by atoms with Crippen molar-refractivity contribution in [1.29, 1.82) is 0 Å². The van der Waals surface area contributed by atoms with Crippen LogP contribution in [0.1, 0.15) is 11.1 Å². The summed E-state index contributed by atoms with van der Waals surface area (Å²) in [5.74, 6) is 0.615. The SMILES string of the molecule is Cc1ccc(CNC(=O)COc2ccccc2I)cc1. The molecular formula is C16H16INO2. The molecule has 0 bridgehead atoms. The lowest BCUT2D eigenvalue weighted by Crippen LogP contribution is -2.28. The number of carbonyl (C=O) groups excluding carboxylic acids is 1. The molecule has 0 unspecified atom stereocenters. The van der Waals surface area contributed by atoms with Gasteiger partial charge >= 0.3 is 0 Å². The molecule has 3 nitrogen and oxygen atoms in total. The second-order valence-electron chi connectivity index (χ2n) is 4.48. The van der Waals surface area contributed by atoms with Gasteiger partial charge in [-0.2, -0.15) is 0 Å². The Balaban J connectivity index is 1.78. The molecule has 1 N–H and O–H groups in total. The highest BCUT2D eigenvalue weighted by atomic mass is 127.